The van der Waals surface area contributed by atoms with Gasteiger partial charge in [0.1, 0.15) is 0 Å². The van der Waals surface area contributed by atoms with E-state index in [9.17, 15) is 0 Å². The van der Waals surface area contributed by atoms with Crippen molar-refractivity contribution in [2.45, 2.75) is 6.42 Å². The summed E-state index contributed by atoms with van der Waals surface area (Å²) in [6.07, 6.45) is 4.29. The highest BCUT2D eigenvalue weighted by Gasteiger charge is 2.16. The van der Waals surface area contributed by atoms with Gasteiger partial charge in [-0.15, -0.1) is 0 Å². The van der Waals surface area contributed by atoms with Crippen LogP contribution in [0.5, 0.6) is 0 Å². The number of rotatable bonds is 1. The predicted octanol–water partition coefficient (Wildman–Crippen LogP) is 3.85. The summed E-state index contributed by atoms with van der Waals surface area (Å²) in [5.74, 6) is 0. The summed E-state index contributed by atoms with van der Waals surface area (Å²) < 4.78 is 0. The van der Waals surface area contributed by atoms with E-state index in [0.29, 0.717) is 0 Å². The van der Waals surface area contributed by atoms with Crippen molar-refractivity contribution in [3.8, 4) is 0 Å². The first kappa shape index (κ1) is 10.4. The molecule has 0 unspecified atom stereocenters. The van der Waals surface area contributed by atoms with Gasteiger partial charge in [0, 0.05) is 16.9 Å². The molecule has 81 valence electrons. The van der Waals surface area contributed by atoms with Gasteiger partial charge >= 0.3 is 0 Å². The van der Waals surface area contributed by atoms with E-state index in [-0.39, 0.29) is 0 Å². The SMILES string of the molecule is S=C1Cc2ccccc2[C]=C1c1ccccc1. The average Bonchev–Trinajstić information content (AvgIpc) is 2.39. The average molecular weight is 235 g/mol. The molecule has 0 aromatic heterocycles. The summed E-state index contributed by atoms with van der Waals surface area (Å²) in [6, 6.07) is 18.6. The van der Waals surface area contributed by atoms with Crippen molar-refractivity contribution in [2.75, 3.05) is 0 Å². The van der Waals surface area contributed by atoms with Crippen LogP contribution in [0.15, 0.2) is 54.6 Å². The first-order valence-electron chi connectivity index (χ1n) is 5.65. The van der Waals surface area contributed by atoms with E-state index in [1.54, 1.807) is 0 Å². The lowest BCUT2D eigenvalue weighted by molar-refractivity contribution is 1.29. The number of hydrogen-bond donors (Lipinski definition) is 0. The topological polar surface area (TPSA) is 0 Å². The van der Waals surface area contributed by atoms with Gasteiger partial charge in [-0.1, -0.05) is 66.8 Å². The van der Waals surface area contributed by atoms with E-state index < -0.39 is 0 Å². The third-order valence-electron chi connectivity index (χ3n) is 2.97. The van der Waals surface area contributed by atoms with Crippen LogP contribution in [0.3, 0.4) is 0 Å². The zero-order chi connectivity index (χ0) is 11.7. The van der Waals surface area contributed by atoms with Gasteiger partial charge in [-0.05, 0) is 22.8 Å². The maximum absolute atomic E-state index is 5.49. The lowest BCUT2D eigenvalue weighted by atomic mass is 9.88. The van der Waals surface area contributed by atoms with Gasteiger partial charge in [0.2, 0.25) is 0 Å². The molecule has 2 aromatic rings. The zero-order valence-corrected chi connectivity index (χ0v) is 10.1. The van der Waals surface area contributed by atoms with Gasteiger partial charge in [-0.2, -0.15) is 0 Å². The van der Waals surface area contributed by atoms with E-state index in [0.717, 1.165) is 22.4 Å². The molecule has 3 rings (SSSR count). The van der Waals surface area contributed by atoms with Crippen molar-refractivity contribution < 1.29 is 0 Å². The number of thiocarbonyl (C=S) groups is 1. The van der Waals surface area contributed by atoms with E-state index in [1.165, 1.54) is 11.1 Å². The summed E-state index contributed by atoms with van der Waals surface area (Å²) in [5.41, 5.74) is 4.67. The molecule has 1 aliphatic carbocycles. The predicted molar refractivity (Wildman–Crippen MR) is 74.9 cm³/mol. The van der Waals surface area contributed by atoms with E-state index >= 15 is 0 Å². The molecule has 0 atom stereocenters. The number of benzene rings is 2. The number of allylic oxidation sites excluding steroid dienone is 1. The van der Waals surface area contributed by atoms with Crippen molar-refractivity contribution in [2.24, 2.45) is 0 Å². The van der Waals surface area contributed by atoms with Gasteiger partial charge in [-0.25, -0.2) is 0 Å². The van der Waals surface area contributed by atoms with Crippen LogP contribution in [0, 0.1) is 6.08 Å². The molecule has 1 heteroatoms. The Morgan fingerprint density at radius 1 is 0.882 bits per heavy atom. The molecule has 17 heavy (non-hydrogen) atoms. The monoisotopic (exact) mass is 235 g/mol. The second kappa shape index (κ2) is 4.27. The van der Waals surface area contributed by atoms with E-state index in [4.69, 9.17) is 12.2 Å². The lowest BCUT2D eigenvalue weighted by Gasteiger charge is -2.17. The van der Waals surface area contributed by atoms with Crippen LogP contribution in [-0.2, 0) is 6.42 Å². The molecule has 1 radical (unpaired) electrons. The molecule has 0 saturated carbocycles. The molecular formula is C16H11S. The van der Waals surface area contributed by atoms with Crippen molar-refractivity contribution in [1.29, 1.82) is 0 Å². The second-order valence-electron chi connectivity index (χ2n) is 4.12. The minimum Gasteiger partial charge on any atom is -0.0839 e. The second-order valence-corrected chi connectivity index (χ2v) is 4.62. The Morgan fingerprint density at radius 3 is 2.41 bits per heavy atom. The molecule has 0 bridgehead atoms. The fourth-order valence-electron chi connectivity index (χ4n) is 2.10. The third-order valence-corrected chi connectivity index (χ3v) is 3.32. The molecule has 0 heterocycles. The van der Waals surface area contributed by atoms with E-state index in [1.807, 2.05) is 24.3 Å². The minimum absolute atomic E-state index is 0.850. The van der Waals surface area contributed by atoms with Gasteiger partial charge in [0.15, 0.2) is 0 Å². The van der Waals surface area contributed by atoms with Gasteiger partial charge in [-0.3, -0.25) is 0 Å². The molecule has 0 saturated heterocycles. The van der Waals surface area contributed by atoms with Crippen LogP contribution in [0.4, 0.5) is 0 Å². The van der Waals surface area contributed by atoms with Crippen molar-refractivity contribution in [1.82, 2.24) is 0 Å². The molecule has 0 aliphatic heterocycles. The van der Waals surface area contributed by atoms with Crippen molar-refractivity contribution in [3.63, 3.8) is 0 Å². The molecular weight excluding hydrogens is 224 g/mol. The quantitative estimate of drug-likeness (QED) is 0.677. The van der Waals surface area contributed by atoms with Crippen molar-refractivity contribution in [3.05, 3.63) is 77.4 Å². The van der Waals surface area contributed by atoms with Crippen LogP contribution < -0.4 is 0 Å². The van der Waals surface area contributed by atoms with Crippen LogP contribution in [0.1, 0.15) is 16.7 Å². The molecule has 0 spiro atoms. The summed E-state index contributed by atoms with van der Waals surface area (Å²) in [5, 5.41) is 0. The Morgan fingerprint density at radius 2 is 1.59 bits per heavy atom. The summed E-state index contributed by atoms with van der Waals surface area (Å²) >= 11 is 5.49. The van der Waals surface area contributed by atoms with Gasteiger partial charge < -0.3 is 0 Å². The van der Waals surface area contributed by atoms with Crippen LogP contribution >= 0.6 is 12.2 Å². The van der Waals surface area contributed by atoms with E-state index in [2.05, 4.69) is 36.4 Å². The van der Waals surface area contributed by atoms with Crippen LogP contribution in [0.2, 0.25) is 0 Å². The standard InChI is InChI=1S/C16H11S/c17-16-11-14-9-5-4-8-13(14)10-15(16)12-6-2-1-3-7-12/h1-9H,11H2. The highest BCUT2D eigenvalue weighted by molar-refractivity contribution is 7.81. The summed E-state index contributed by atoms with van der Waals surface area (Å²) in [4.78, 5) is 0.981. The van der Waals surface area contributed by atoms with Crippen molar-refractivity contribution >= 4 is 22.7 Å². The Kier molecular flexibility index (Phi) is 2.62. The molecule has 0 amide bonds. The maximum atomic E-state index is 5.49. The number of hydrogen-bond acceptors (Lipinski definition) is 1. The molecule has 0 nitrogen and oxygen atoms in total. The van der Waals surface area contributed by atoms with Gasteiger partial charge in [0.05, 0.1) is 0 Å². The lowest BCUT2D eigenvalue weighted by Crippen LogP contribution is -2.10. The minimum atomic E-state index is 0.850. The fourth-order valence-corrected chi connectivity index (χ4v) is 2.42. The Hall–Kier alpha value is -1.73. The smallest absolute Gasteiger partial charge is 0.0281 e. The zero-order valence-electron chi connectivity index (χ0n) is 9.31. The maximum Gasteiger partial charge on any atom is 0.0281 e. The first-order valence-corrected chi connectivity index (χ1v) is 6.06. The largest absolute Gasteiger partial charge is 0.0839 e. The normalized spacial score (nSPS) is 14.1. The Bertz CT molecular complexity index is 594. The Balaban J connectivity index is 2.13. The van der Waals surface area contributed by atoms with Crippen LogP contribution in [-0.4, -0.2) is 4.86 Å². The number of fused-ring (bicyclic) bond motifs is 1. The fraction of sp³-hybridized carbons (Fsp3) is 0.0625. The third kappa shape index (κ3) is 1.94. The van der Waals surface area contributed by atoms with Crippen LogP contribution in [0.25, 0.3) is 5.57 Å². The highest BCUT2D eigenvalue weighted by Crippen LogP contribution is 2.26. The molecule has 0 fully saturated rings. The highest BCUT2D eigenvalue weighted by atomic mass is 32.1. The molecule has 1 aliphatic rings. The summed E-state index contributed by atoms with van der Waals surface area (Å²) in [6.45, 7) is 0. The summed E-state index contributed by atoms with van der Waals surface area (Å²) in [7, 11) is 0. The molecule has 2 aromatic carbocycles. The first-order chi connectivity index (χ1) is 8.34. The Labute approximate surface area is 107 Å². The van der Waals surface area contributed by atoms with Gasteiger partial charge in [0.25, 0.3) is 0 Å². The molecule has 0 N–H and O–H groups in total.